The maximum atomic E-state index is 12.1. The van der Waals surface area contributed by atoms with Crippen molar-refractivity contribution in [1.82, 2.24) is 0 Å². The number of rotatable bonds is 5. The van der Waals surface area contributed by atoms with Crippen LogP contribution in [0.1, 0.15) is 23.1 Å². The van der Waals surface area contributed by atoms with Gasteiger partial charge in [0, 0.05) is 5.69 Å². The second-order valence-electron chi connectivity index (χ2n) is 5.83. The van der Waals surface area contributed by atoms with Gasteiger partial charge in [0.05, 0.1) is 7.11 Å². The molecule has 0 bridgehead atoms. The average molecular weight is 311 g/mol. The molecule has 0 spiro atoms. The molecule has 0 aliphatic heterocycles. The van der Waals surface area contributed by atoms with E-state index in [0.717, 1.165) is 24.1 Å². The van der Waals surface area contributed by atoms with Crippen LogP contribution in [0.25, 0.3) is 0 Å². The zero-order chi connectivity index (χ0) is 16.2. The van der Waals surface area contributed by atoms with Gasteiger partial charge in [0.15, 0.2) is 18.1 Å². The van der Waals surface area contributed by atoms with Gasteiger partial charge < -0.3 is 14.8 Å². The van der Waals surface area contributed by atoms with Gasteiger partial charge in [0.1, 0.15) is 0 Å². The van der Waals surface area contributed by atoms with Crippen LogP contribution in [0.2, 0.25) is 0 Å². The van der Waals surface area contributed by atoms with Gasteiger partial charge in [0.2, 0.25) is 0 Å². The predicted molar refractivity (Wildman–Crippen MR) is 90.3 cm³/mol. The first kappa shape index (κ1) is 15.4. The van der Waals surface area contributed by atoms with Gasteiger partial charge in [-0.1, -0.05) is 12.1 Å². The Morgan fingerprint density at radius 1 is 1.09 bits per heavy atom. The number of nitrogens with one attached hydrogen (secondary N) is 1. The summed E-state index contributed by atoms with van der Waals surface area (Å²) >= 11 is 0. The molecule has 1 amide bonds. The van der Waals surface area contributed by atoms with E-state index in [0.29, 0.717) is 11.5 Å². The average Bonchev–Trinajstić information content (AvgIpc) is 3.01. The smallest absolute Gasteiger partial charge is 0.262 e. The van der Waals surface area contributed by atoms with E-state index in [9.17, 15) is 4.79 Å². The van der Waals surface area contributed by atoms with E-state index < -0.39 is 0 Å². The molecule has 2 aromatic carbocycles. The lowest BCUT2D eigenvalue weighted by molar-refractivity contribution is -0.118. The minimum absolute atomic E-state index is 0.0451. The van der Waals surface area contributed by atoms with Crippen LogP contribution in [-0.2, 0) is 17.6 Å². The molecule has 3 rings (SSSR count). The molecule has 0 saturated carbocycles. The van der Waals surface area contributed by atoms with Crippen molar-refractivity contribution in [3.63, 3.8) is 0 Å². The fraction of sp³-hybridized carbons (Fsp3) is 0.316. The lowest BCUT2D eigenvalue weighted by atomic mass is 10.1. The summed E-state index contributed by atoms with van der Waals surface area (Å²) in [5, 5.41) is 2.89. The molecule has 120 valence electrons. The van der Waals surface area contributed by atoms with Crippen LogP contribution in [0.3, 0.4) is 0 Å². The maximum Gasteiger partial charge on any atom is 0.262 e. The van der Waals surface area contributed by atoms with Crippen molar-refractivity contribution < 1.29 is 14.3 Å². The summed E-state index contributed by atoms with van der Waals surface area (Å²) in [5.41, 5.74) is 4.64. The third-order valence-electron chi connectivity index (χ3n) is 4.06. The van der Waals surface area contributed by atoms with Crippen LogP contribution in [0.5, 0.6) is 11.5 Å². The molecule has 4 nitrogen and oxygen atoms in total. The second-order valence-corrected chi connectivity index (χ2v) is 5.83. The fourth-order valence-electron chi connectivity index (χ4n) is 2.88. The molecular formula is C19H21NO3. The number of benzene rings is 2. The van der Waals surface area contributed by atoms with Crippen molar-refractivity contribution in [3.05, 3.63) is 53.1 Å². The second kappa shape index (κ2) is 6.73. The first-order valence-corrected chi connectivity index (χ1v) is 7.85. The molecule has 23 heavy (non-hydrogen) atoms. The minimum atomic E-state index is -0.175. The molecule has 0 atom stereocenters. The number of hydrogen-bond acceptors (Lipinski definition) is 3. The topological polar surface area (TPSA) is 47.6 Å². The number of anilines is 1. The minimum Gasteiger partial charge on any atom is -0.493 e. The molecule has 1 aliphatic carbocycles. The van der Waals surface area contributed by atoms with Gasteiger partial charge in [-0.05, 0) is 67.1 Å². The molecule has 0 fully saturated rings. The zero-order valence-corrected chi connectivity index (χ0v) is 13.5. The summed E-state index contributed by atoms with van der Waals surface area (Å²) in [7, 11) is 1.59. The number of carbonyl (C=O) groups excluding carboxylic acids is 1. The summed E-state index contributed by atoms with van der Waals surface area (Å²) in [5.74, 6) is 1.03. The largest absolute Gasteiger partial charge is 0.493 e. The molecule has 2 aromatic rings. The number of methoxy groups -OCH3 is 1. The Morgan fingerprint density at radius 3 is 2.74 bits per heavy atom. The van der Waals surface area contributed by atoms with Crippen molar-refractivity contribution in [2.45, 2.75) is 26.2 Å². The van der Waals surface area contributed by atoms with E-state index in [4.69, 9.17) is 9.47 Å². The highest BCUT2D eigenvalue weighted by Crippen LogP contribution is 2.28. The molecule has 1 N–H and O–H groups in total. The van der Waals surface area contributed by atoms with Crippen LogP contribution in [0.15, 0.2) is 36.4 Å². The lowest BCUT2D eigenvalue weighted by Crippen LogP contribution is -2.20. The Bertz CT molecular complexity index is 725. The Balaban J connectivity index is 1.60. The summed E-state index contributed by atoms with van der Waals surface area (Å²) in [6.07, 6.45) is 3.43. The van der Waals surface area contributed by atoms with Crippen LogP contribution in [0, 0.1) is 6.92 Å². The first-order valence-electron chi connectivity index (χ1n) is 7.85. The van der Waals surface area contributed by atoms with Gasteiger partial charge >= 0.3 is 0 Å². The molecule has 0 unspecified atom stereocenters. The monoisotopic (exact) mass is 311 g/mol. The maximum absolute atomic E-state index is 12.1. The zero-order valence-electron chi connectivity index (χ0n) is 13.5. The molecule has 1 aliphatic rings. The van der Waals surface area contributed by atoms with Crippen molar-refractivity contribution in [3.8, 4) is 11.5 Å². The SMILES string of the molecule is COc1cc(C)ccc1OCC(=O)Nc1ccc2c(c1)CCC2. The van der Waals surface area contributed by atoms with E-state index >= 15 is 0 Å². The van der Waals surface area contributed by atoms with Gasteiger partial charge in [0.25, 0.3) is 5.91 Å². The van der Waals surface area contributed by atoms with E-state index in [-0.39, 0.29) is 12.5 Å². The Hall–Kier alpha value is -2.49. The summed E-state index contributed by atoms with van der Waals surface area (Å²) in [4.78, 5) is 12.1. The summed E-state index contributed by atoms with van der Waals surface area (Å²) < 4.78 is 10.8. The predicted octanol–water partition coefficient (Wildman–Crippen LogP) is 3.51. The number of fused-ring (bicyclic) bond motifs is 1. The highest BCUT2D eigenvalue weighted by Gasteiger charge is 2.12. The van der Waals surface area contributed by atoms with E-state index in [1.807, 2.05) is 31.2 Å². The molecule has 0 aromatic heterocycles. The quantitative estimate of drug-likeness (QED) is 0.919. The summed E-state index contributed by atoms with van der Waals surface area (Å²) in [6, 6.07) is 11.7. The van der Waals surface area contributed by atoms with Gasteiger partial charge in [-0.3, -0.25) is 4.79 Å². The lowest BCUT2D eigenvalue weighted by Gasteiger charge is -2.12. The molecule has 0 heterocycles. The third kappa shape index (κ3) is 3.65. The first-order chi connectivity index (χ1) is 11.2. The molecular weight excluding hydrogens is 290 g/mol. The molecule has 0 saturated heterocycles. The number of amides is 1. The number of hydrogen-bond donors (Lipinski definition) is 1. The third-order valence-corrected chi connectivity index (χ3v) is 4.06. The van der Waals surface area contributed by atoms with Crippen LogP contribution >= 0.6 is 0 Å². The van der Waals surface area contributed by atoms with Crippen LogP contribution in [-0.4, -0.2) is 19.6 Å². The fourth-order valence-corrected chi connectivity index (χ4v) is 2.88. The van der Waals surface area contributed by atoms with Crippen molar-refractivity contribution in [2.24, 2.45) is 0 Å². The van der Waals surface area contributed by atoms with Crippen molar-refractivity contribution in [2.75, 3.05) is 19.0 Å². The van der Waals surface area contributed by atoms with E-state index in [1.54, 1.807) is 7.11 Å². The van der Waals surface area contributed by atoms with Crippen molar-refractivity contribution >= 4 is 11.6 Å². The molecule has 4 heteroatoms. The van der Waals surface area contributed by atoms with Gasteiger partial charge in [-0.15, -0.1) is 0 Å². The normalized spacial score (nSPS) is 12.6. The Morgan fingerprint density at radius 2 is 1.91 bits per heavy atom. The highest BCUT2D eigenvalue weighted by molar-refractivity contribution is 5.92. The number of ether oxygens (including phenoxy) is 2. The van der Waals surface area contributed by atoms with Gasteiger partial charge in [-0.25, -0.2) is 0 Å². The van der Waals surface area contributed by atoms with Gasteiger partial charge in [-0.2, -0.15) is 0 Å². The van der Waals surface area contributed by atoms with Crippen LogP contribution < -0.4 is 14.8 Å². The Labute approximate surface area is 136 Å². The molecule has 0 radical (unpaired) electrons. The van der Waals surface area contributed by atoms with Crippen molar-refractivity contribution in [1.29, 1.82) is 0 Å². The van der Waals surface area contributed by atoms with E-state index in [1.165, 1.54) is 17.5 Å². The number of aryl methyl sites for hydroxylation is 3. The standard InChI is InChI=1S/C19H21NO3/c1-13-6-9-17(18(10-13)22-2)23-12-19(21)20-16-8-7-14-4-3-5-15(14)11-16/h6-11H,3-5,12H2,1-2H3,(H,20,21). The summed E-state index contributed by atoms with van der Waals surface area (Å²) in [6.45, 7) is 1.93. The van der Waals surface area contributed by atoms with E-state index in [2.05, 4.69) is 17.4 Å². The highest BCUT2D eigenvalue weighted by atomic mass is 16.5. The van der Waals surface area contributed by atoms with Crippen LogP contribution in [0.4, 0.5) is 5.69 Å². The Kier molecular flexibility index (Phi) is 4.51. The number of carbonyl (C=O) groups is 1.